The summed E-state index contributed by atoms with van der Waals surface area (Å²) in [5, 5.41) is 2.25. The molecule has 1 saturated carbocycles. The number of imide groups is 2. The number of benzene rings is 1. The van der Waals surface area contributed by atoms with E-state index < -0.39 is 23.8 Å². The lowest BCUT2D eigenvalue weighted by molar-refractivity contribution is -0.136. The predicted molar refractivity (Wildman–Crippen MR) is 117 cm³/mol. The molecule has 32 heavy (non-hydrogen) atoms. The average Bonchev–Trinajstić information content (AvgIpc) is 3.00. The van der Waals surface area contributed by atoms with Crippen molar-refractivity contribution >= 4 is 23.6 Å². The minimum Gasteiger partial charge on any atom is -0.330 e. The monoisotopic (exact) mass is 438 g/mol. The highest BCUT2D eigenvalue weighted by atomic mass is 16.2. The van der Waals surface area contributed by atoms with Crippen LogP contribution in [0.2, 0.25) is 0 Å². The molecule has 2 atom stereocenters. The number of likely N-dealkylation sites (tertiary alicyclic amines) is 1. The van der Waals surface area contributed by atoms with Gasteiger partial charge in [-0.15, -0.1) is 0 Å². The van der Waals surface area contributed by atoms with E-state index >= 15 is 0 Å². The van der Waals surface area contributed by atoms with Crippen LogP contribution in [-0.2, 0) is 16.1 Å². The molecule has 170 valence electrons. The van der Waals surface area contributed by atoms with Gasteiger partial charge in [-0.1, -0.05) is 25.0 Å². The minimum absolute atomic E-state index is 0.118. The first kappa shape index (κ1) is 21.3. The summed E-state index contributed by atoms with van der Waals surface area (Å²) in [5.41, 5.74) is 7.96. The summed E-state index contributed by atoms with van der Waals surface area (Å²) in [6, 6.07) is 4.84. The Morgan fingerprint density at radius 3 is 2.53 bits per heavy atom. The summed E-state index contributed by atoms with van der Waals surface area (Å²) >= 11 is 0. The van der Waals surface area contributed by atoms with E-state index in [1.54, 1.807) is 6.07 Å². The summed E-state index contributed by atoms with van der Waals surface area (Å²) in [4.78, 5) is 53.9. The number of amides is 4. The van der Waals surface area contributed by atoms with Crippen LogP contribution in [0.5, 0.6) is 0 Å². The SMILES string of the molecule is NCC1(C2CCCCN2Cc2cccc3c2C(=O)N(C2CCC(=O)NC2=O)C3=O)CCC1. The first-order valence-corrected chi connectivity index (χ1v) is 11.7. The predicted octanol–water partition coefficient (Wildman–Crippen LogP) is 1.57. The Balaban J connectivity index is 1.43. The normalized spacial score (nSPS) is 27.8. The summed E-state index contributed by atoms with van der Waals surface area (Å²) in [7, 11) is 0. The Morgan fingerprint density at radius 2 is 1.84 bits per heavy atom. The molecule has 1 aliphatic carbocycles. The van der Waals surface area contributed by atoms with Crippen LogP contribution in [0.15, 0.2) is 18.2 Å². The zero-order chi connectivity index (χ0) is 22.5. The highest BCUT2D eigenvalue weighted by Gasteiger charge is 2.48. The molecule has 2 unspecified atom stereocenters. The van der Waals surface area contributed by atoms with Gasteiger partial charge in [-0.3, -0.25) is 34.3 Å². The fourth-order valence-corrected chi connectivity index (χ4v) is 6.11. The molecule has 2 saturated heterocycles. The molecule has 1 aromatic rings. The van der Waals surface area contributed by atoms with Crippen molar-refractivity contribution in [2.24, 2.45) is 11.1 Å². The lowest BCUT2D eigenvalue weighted by Gasteiger charge is -2.53. The van der Waals surface area contributed by atoms with Crippen molar-refractivity contribution in [1.82, 2.24) is 15.1 Å². The van der Waals surface area contributed by atoms with Crippen LogP contribution in [0.3, 0.4) is 0 Å². The number of piperidine rings is 2. The van der Waals surface area contributed by atoms with E-state index in [0.29, 0.717) is 30.3 Å². The van der Waals surface area contributed by atoms with Crippen molar-refractivity contribution in [2.45, 2.75) is 70.0 Å². The Hall–Kier alpha value is -2.58. The van der Waals surface area contributed by atoms with Crippen LogP contribution >= 0.6 is 0 Å². The molecular formula is C24H30N4O4. The van der Waals surface area contributed by atoms with Gasteiger partial charge in [-0.2, -0.15) is 0 Å². The fourth-order valence-electron chi connectivity index (χ4n) is 6.11. The zero-order valence-electron chi connectivity index (χ0n) is 18.3. The average molecular weight is 439 g/mol. The van der Waals surface area contributed by atoms with Crippen molar-refractivity contribution in [2.75, 3.05) is 13.1 Å². The van der Waals surface area contributed by atoms with Gasteiger partial charge in [0.15, 0.2) is 0 Å². The van der Waals surface area contributed by atoms with E-state index in [2.05, 4.69) is 10.2 Å². The van der Waals surface area contributed by atoms with Crippen LogP contribution in [0, 0.1) is 5.41 Å². The Kier molecular flexibility index (Phi) is 5.37. The van der Waals surface area contributed by atoms with Gasteiger partial charge < -0.3 is 5.73 Å². The Morgan fingerprint density at radius 1 is 1.03 bits per heavy atom. The maximum atomic E-state index is 13.4. The van der Waals surface area contributed by atoms with Crippen molar-refractivity contribution in [3.05, 3.63) is 34.9 Å². The fraction of sp³-hybridized carbons (Fsp3) is 0.583. The number of nitrogens with one attached hydrogen (secondary N) is 1. The third-order valence-corrected chi connectivity index (χ3v) is 8.00. The number of carbonyl (C=O) groups is 4. The molecule has 1 aromatic carbocycles. The molecule has 0 bridgehead atoms. The van der Waals surface area contributed by atoms with Crippen LogP contribution in [0.4, 0.5) is 0 Å². The number of nitrogens with two attached hydrogens (primary N) is 1. The first-order valence-electron chi connectivity index (χ1n) is 11.7. The molecule has 0 radical (unpaired) electrons. The van der Waals surface area contributed by atoms with Crippen molar-refractivity contribution in [3.63, 3.8) is 0 Å². The Bertz CT molecular complexity index is 981. The summed E-state index contributed by atoms with van der Waals surface area (Å²) in [5.74, 6) is -1.83. The highest BCUT2D eigenvalue weighted by Crippen LogP contribution is 2.48. The number of hydrogen-bond acceptors (Lipinski definition) is 6. The van der Waals surface area contributed by atoms with Crippen LogP contribution in [0.25, 0.3) is 0 Å². The van der Waals surface area contributed by atoms with Gasteiger partial charge in [0.05, 0.1) is 11.1 Å². The van der Waals surface area contributed by atoms with Gasteiger partial charge in [-0.05, 0) is 62.2 Å². The van der Waals surface area contributed by atoms with E-state index in [1.807, 2.05) is 12.1 Å². The van der Waals surface area contributed by atoms with E-state index in [-0.39, 0.29) is 24.2 Å². The lowest BCUT2D eigenvalue weighted by atomic mass is 9.62. The van der Waals surface area contributed by atoms with Crippen LogP contribution in [0.1, 0.15) is 77.6 Å². The number of rotatable bonds is 5. The molecule has 8 heteroatoms. The smallest absolute Gasteiger partial charge is 0.262 e. The maximum absolute atomic E-state index is 13.4. The lowest BCUT2D eigenvalue weighted by Crippen LogP contribution is -2.56. The summed E-state index contributed by atoms with van der Waals surface area (Å²) < 4.78 is 0. The number of fused-ring (bicyclic) bond motifs is 1. The zero-order valence-corrected chi connectivity index (χ0v) is 18.3. The summed E-state index contributed by atoms with van der Waals surface area (Å²) in [6.45, 7) is 2.23. The number of carbonyl (C=O) groups excluding carboxylic acids is 4. The van der Waals surface area contributed by atoms with Gasteiger partial charge in [0.1, 0.15) is 6.04 Å². The van der Waals surface area contributed by atoms with Crippen molar-refractivity contribution in [3.8, 4) is 0 Å². The van der Waals surface area contributed by atoms with Crippen LogP contribution < -0.4 is 11.1 Å². The molecule has 0 aromatic heterocycles. The molecule has 3 heterocycles. The molecular weight excluding hydrogens is 408 g/mol. The quantitative estimate of drug-likeness (QED) is 0.675. The van der Waals surface area contributed by atoms with E-state index in [9.17, 15) is 19.2 Å². The molecule has 8 nitrogen and oxygen atoms in total. The largest absolute Gasteiger partial charge is 0.330 e. The molecule has 4 aliphatic rings. The van der Waals surface area contributed by atoms with Crippen molar-refractivity contribution < 1.29 is 19.2 Å². The van der Waals surface area contributed by atoms with E-state index in [4.69, 9.17) is 5.73 Å². The second kappa shape index (κ2) is 8.08. The topological polar surface area (TPSA) is 113 Å². The molecule has 3 fully saturated rings. The molecule has 3 aliphatic heterocycles. The summed E-state index contributed by atoms with van der Waals surface area (Å²) in [6.07, 6.45) is 7.22. The van der Waals surface area contributed by atoms with Gasteiger partial charge in [0, 0.05) is 19.0 Å². The standard InChI is InChI=1S/C24H30N4O4/c25-14-24(10-4-11-24)18-7-1-2-12-27(18)13-15-5-3-6-16-20(15)23(32)28(22(16)31)17-8-9-19(29)26-21(17)30/h3,5-6,17-18H,1-2,4,7-14,25H2,(H,26,29,30). The highest BCUT2D eigenvalue weighted by molar-refractivity contribution is 6.24. The van der Waals surface area contributed by atoms with E-state index in [0.717, 1.165) is 42.7 Å². The second-order valence-corrected chi connectivity index (χ2v) is 9.69. The van der Waals surface area contributed by atoms with Crippen LogP contribution in [-0.4, -0.2) is 58.6 Å². The molecule has 3 N–H and O–H groups in total. The first-order chi connectivity index (χ1) is 15.4. The maximum Gasteiger partial charge on any atom is 0.262 e. The second-order valence-electron chi connectivity index (χ2n) is 9.69. The Labute approximate surface area is 187 Å². The number of hydrogen-bond donors (Lipinski definition) is 2. The number of nitrogens with zero attached hydrogens (tertiary/aromatic N) is 2. The van der Waals surface area contributed by atoms with Gasteiger partial charge in [0.2, 0.25) is 11.8 Å². The third-order valence-electron chi connectivity index (χ3n) is 8.00. The molecule has 5 rings (SSSR count). The van der Waals surface area contributed by atoms with Crippen molar-refractivity contribution in [1.29, 1.82) is 0 Å². The third kappa shape index (κ3) is 3.28. The van der Waals surface area contributed by atoms with Gasteiger partial charge in [0.25, 0.3) is 11.8 Å². The van der Waals surface area contributed by atoms with E-state index in [1.165, 1.54) is 12.8 Å². The minimum atomic E-state index is -0.939. The molecule has 4 amide bonds. The molecule has 0 spiro atoms. The van der Waals surface area contributed by atoms with Gasteiger partial charge in [-0.25, -0.2) is 0 Å². The van der Waals surface area contributed by atoms with Gasteiger partial charge >= 0.3 is 0 Å².